The van der Waals surface area contributed by atoms with Gasteiger partial charge in [0.1, 0.15) is 29.8 Å². The Morgan fingerprint density at radius 2 is 1.71 bits per heavy atom. The van der Waals surface area contributed by atoms with Crippen LogP contribution in [0.2, 0.25) is 0 Å². The molecule has 0 spiro atoms. The molecule has 4 rings (SSSR count). The molecule has 0 saturated carbocycles. The zero-order valence-electron chi connectivity index (χ0n) is 17.1. The molecule has 0 saturated heterocycles. The van der Waals surface area contributed by atoms with E-state index in [4.69, 9.17) is 4.42 Å². The predicted molar refractivity (Wildman–Crippen MR) is 109 cm³/mol. The smallest absolute Gasteiger partial charge is 0.216 e. The molecular weight excluding hydrogens is 356 g/mol. The SMILES string of the molecule is Cc1cc(-c2c(C)ccc3c2oc2cc(F)c(C)c(F)c23)[n+](C)cc1C(C)C. The highest BCUT2D eigenvalue weighted by atomic mass is 19.1. The van der Waals surface area contributed by atoms with Gasteiger partial charge in [0.25, 0.3) is 0 Å². The second kappa shape index (κ2) is 6.40. The van der Waals surface area contributed by atoms with Crippen molar-refractivity contribution in [2.45, 2.75) is 40.5 Å². The van der Waals surface area contributed by atoms with Gasteiger partial charge in [0, 0.05) is 28.6 Å². The third-order valence-electron chi connectivity index (χ3n) is 5.66. The predicted octanol–water partition coefficient (Wildman–Crippen LogP) is 6.40. The number of hydrogen-bond acceptors (Lipinski definition) is 1. The van der Waals surface area contributed by atoms with E-state index < -0.39 is 11.6 Å². The molecule has 2 nitrogen and oxygen atoms in total. The summed E-state index contributed by atoms with van der Waals surface area (Å²) in [5.41, 5.74) is 6.24. The average Bonchev–Trinajstić information content (AvgIpc) is 2.99. The number of benzene rings is 2. The molecule has 2 aromatic carbocycles. The Kier molecular flexibility index (Phi) is 4.25. The van der Waals surface area contributed by atoms with Crippen LogP contribution in [0.4, 0.5) is 8.78 Å². The monoisotopic (exact) mass is 380 g/mol. The van der Waals surface area contributed by atoms with E-state index in [1.165, 1.54) is 24.1 Å². The maximum atomic E-state index is 14.8. The van der Waals surface area contributed by atoms with E-state index in [-0.39, 0.29) is 11.1 Å². The van der Waals surface area contributed by atoms with E-state index in [9.17, 15) is 8.78 Å². The molecule has 0 aliphatic rings. The quantitative estimate of drug-likeness (QED) is 0.368. The first-order valence-corrected chi connectivity index (χ1v) is 9.51. The van der Waals surface area contributed by atoms with Crippen LogP contribution in [0.15, 0.2) is 34.9 Å². The number of pyridine rings is 1. The van der Waals surface area contributed by atoms with Crippen molar-refractivity contribution in [2.24, 2.45) is 7.05 Å². The minimum absolute atomic E-state index is 0.0139. The largest absolute Gasteiger partial charge is 0.455 e. The summed E-state index contributed by atoms with van der Waals surface area (Å²) < 4.78 is 37.0. The summed E-state index contributed by atoms with van der Waals surface area (Å²) in [6, 6.07) is 7.25. The lowest BCUT2D eigenvalue weighted by atomic mass is 9.95. The molecule has 0 amide bonds. The fourth-order valence-electron chi connectivity index (χ4n) is 4.06. The normalized spacial score (nSPS) is 11.9. The number of halogens is 2. The number of nitrogens with zero attached hydrogens (tertiary/aromatic N) is 1. The van der Waals surface area contributed by atoms with Crippen molar-refractivity contribution in [2.75, 3.05) is 0 Å². The van der Waals surface area contributed by atoms with Crippen LogP contribution in [0, 0.1) is 32.4 Å². The number of aryl methyl sites for hydroxylation is 3. The molecule has 28 heavy (non-hydrogen) atoms. The summed E-state index contributed by atoms with van der Waals surface area (Å²) in [6.07, 6.45) is 2.14. The molecule has 0 unspecified atom stereocenters. The van der Waals surface area contributed by atoms with Crippen molar-refractivity contribution in [1.82, 2.24) is 0 Å². The van der Waals surface area contributed by atoms with E-state index in [0.29, 0.717) is 22.3 Å². The standard InChI is InChI=1S/C24H24F2NO/c1-12(2)17-11-27(6)19(9-14(17)4)21-13(3)7-8-16-22-20(28-24(16)21)10-18(25)15(5)23(22)26/h7-12H,1-6H3/q+1. The van der Waals surface area contributed by atoms with E-state index in [2.05, 4.69) is 37.6 Å². The Hall–Kier alpha value is -2.75. The van der Waals surface area contributed by atoms with Gasteiger partial charge in [-0.15, -0.1) is 0 Å². The molecule has 2 aromatic heterocycles. The Morgan fingerprint density at radius 1 is 1.00 bits per heavy atom. The first kappa shape index (κ1) is 18.6. The average molecular weight is 380 g/mol. The summed E-state index contributed by atoms with van der Waals surface area (Å²) in [7, 11) is 2.01. The van der Waals surface area contributed by atoms with Crippen LogP contribution in [0.25, 0.3) is 33.2 Å². The summed E-state index contributed by atoms with van der Waals surface area (Å²) in [5, 5.41) is 1.01. The van der Waals surface area contributed by atoms with E-state index in [0.717, 1.165) is 16.8 Å². The number of hydrogen-bond donors (Lipinski definition) is 0. The van der Waals surface area contributed by atoms with E-state index in [1.807, 2.05) is 26.1 Å². The molecule has 0 atom stereocenters. The van der Waals surface area contributed by atoms with Gasteiger partial charge in [-0.3, -0.25) is 0 Å². The topological polar surface area (TPSA) is 17.0 Å². The Bertz CT molecular complexity index is 1250. The molecule has 0 fully saturated rings. The fraction of sp³-hybridized carbons (Fsp3) is 0.292. The molecule has 144 valence electrons. The Labute approximate surface area is 163 Å². The zero-order valence-corrected chi connectivity index (χ0v) is 17.1. The lowest BCUT2D eigenvalue weighted by molar-refractivity contribution is -0.660. The van der Waals surface area contributed by atoms with Crippen molar-refractivity contribution in [3.63, 3.8) is 0 Å². The molecule has 0 bridgehead atoms. The molecular formula is C24H24F2NO+. The molecule has 4 heteroatoms. The Morgan fingerprint density at radius 3 is 2.39 bits per heavy atom. The van der Waals surface area contributed by atoms with Crippen molar-refractivity contribution < 1.29 is 17.8 Å². The summed E-state index contributed by atoms with van der Waals surface area (Å²) >= 11 is 0. The summed E-state index contributed by atoms with van der Waals surface area (Å²) in [6.45, 7) is 9.91. The number of furan rings is 1. The number of rotatable bonds is 2. The highest BCUT2D eigenvalue weighted by Crippen LogP contribution is 2.39. The highest BCUT2D eigenvalue weighted by molar-refractivity contribution is 6.10. The first-order chi connectivity index (χ1) is 13.2. The summed E-state index contributed by atoms with van der Waals surface area (Å²) in [4.78, 5) is 0. The third kappa shape index (κ3) is 2.62. The van der Waals surface area contributed by atoms with Crippen LogP contribution < -0.4 is 4.57 Å². The maximum Gasteiger partial charge on any atom is 0.216 e. The van der Waals surface area contributed by atoms with Crippen LogP contribution in [0.5, 0.6) is 0 Å². The highest BCUT2D eigenvalue weighted by Gasteiger charge is 2.24. The molecule has 2 heterocycles. The van der Waals surface area contributed by atoms with Gasteiger partial charge in [-0.1, -0.05) is 26.0 Å². The Balaban J connectivity index is 2.11. The van der Waals surface area contributed by atoms with Crippen LogP contribution in [0.1, 0.15) is 42.0 Å². The summed E-state index contributed by atoms with van der Waals surface area (Å²) in [5.74, 6) is -0.729. The van der Waals surface area contributed by atoms with E-state index in [1.54, 1.807) is 0 Å². The second-order valence-electron chi connectivity index (χ2n) is 7.97. The van der Waals surface area contributed by atoms with Gasteiger partial charge < -0.3 is 4.42 Å². The van der Waals surface area contributed by atoms with Gasteiger partial charge in [-0.05, 0) is 37.8 Å². The maximum absolute atomic E-state index is 14.8. The molecule has 0 N–H and O–H groups in total. The third-order valence-corrected chi connectivity index (χ3v) is 5.66. The van der Waals surface area contributed by atoms with Crippen molar-refractivity contribution >= 4 is 21.9 Å². The van der Waals surface area contributed by atoms with Gasteiger partial charge in [-0.25, -0.2) is 13.3 Å². The molecule has 4 aromatic rings. The second-order valence-corrected chi connectivity index (χ2v) is 7.97. The minimum Gasteiger partial charge on any atom is -0.455 e. The first-order valence-electron chi connectivity index (χ1n) is 9.51. The van der Waals surface area contributed by atoms with E-state index >= 15 is 0 Å². The van der Waals surface area contributed by atoms with Crippen LogP contribution >= 0.6 is 0 Å². The number of aromatic nitrogens is 1. The van der Waals surface area contributed by atoms with Crippen molar-refractivity contribution in [3.8, 4) is 11.3 Å². The van der Waals surface area contributed by atoms with Crippen LogP contribution in [-0.2, 0) is 7.05 Å². The fourth-order valence-corrected chi connectivity index (χ4v) is 4.06. The van der Waals surface area contributed by atoms with Crippen molar-refractivity contribution in [3.05, 3.63) is 64.4 Å². The van der Waals surface area contributed by atoms with Crippen LogP contribution in [-0.4, -0.2) is 0 Å². The van der Waals surface area contributed by atoms with Crippen molar-refractivity contribution in [1.29, 1.82) is 0 Å². The molecule has 0 radical (unpaired) electrons. The van der Waals surface area contributed by atoms with Crippen LogP contribution in [0.3, 0.4) is 0 Å². The minimum atomic E-state index is -0.593. The zero-order chi connectivity index (χ0) is 20.3. The number of fused-ring (bicyclic) bond motifs is 3. The van der Waals surface area contributed by atoms with Gasteiger partial charge in [0.2, 0.25) is 5.69 Å². The van der Waals surface area contributed by atoms with Gasteiger partial charge in [0.05, 0.1) is 10.9 Å². The van der Waals surface area contributed by atoms with Gasteiger partial charge in [-0.2, -0.15) is 0 Å². The van der Waals surface area contributed by atoms with Gasteiger partial charge in [0.15, 0.2) is 6.20 Å². The lowest BCUT2D eigenvalue weighted by Crippen LogP contribution is -2.32. The molecule has 0 aliphatic heterocycles. The molecule has 0 aliphatic carbocycles. The lowest BCUT2D eigenvalue weighted by Gasteiger charge is -2.11. The van der Waals surface area contributed by atoms with Gasteiger partial charge >= 0.3 is 0 Å².